The molecule has 3 aliphatic heterocycles. The zero-order chi connectivity index (χ0) is 23.1. The Morgan fingerprint density at radius 2 is 2.06 bits per heavy atom. The summed E-state index contributed by atoms with van der Waals surface area (Å²) in [6.07, 6.45) is 5.06. The van der Waals surface area contributed by atoms with E-state index < -0.39 is 0 Å². The van der Waals surface area contributed by atoms with Crippen LogP contribution in [0.1, 0.15) is 34.7 Å². The number of nitrogens with one attached hydrogen (secondary N) is 3. The third-order valence-electron chi connectivity index (χ3n) is 6.51. The number of carbonyl (C=O) groups excluding carboxylic acids is 1. The number of amidine groups is 1. The van der Waals surface area contributed by atoms with Crippen molar-refractivity contribution < 1.29 is 4.79 Å². The largest absolute Gasteiger partial charge is 0.325 e. The highest BCUT2D eigenvalue weighted by atomic mass is 35.5. The van der Waals surface area contributed by atoms with Crippen molar-refractivity contribution in [3.63, 3.8) is 0 Å². The van der Waals surface area contributed by atoms with E-state index in [2.05, 4.69) is 69.4 Å². The smallest absolute Gasteiger partial charge is 0.234 e. The molecule has 3 aliphatic rings. The molecule has 2 aromatic carbocycles. The van der Waals surface area contributed by atoms with Gasteiger partial charge in [-0.25, -0.2) is 5.43 Å². The average molecular weight is 483 g/mol. The maximum Gasteiger partial charge on any atom is 0.234 e. The Bertz CT molecular complexity index is 1150. The highest BCUT2D eigenvalue weighted by Crippen LogP contribution is 2.35. The third kappa shape index (κ3) is 4.30. The molecule has 0 saturated carbocycles. The second-order valence-corrected chi connectivity index (χ2v) is 10.0. The SMILES string of the molecule is Cc1ccc(C2CC3C4NN=C(SCC(=O)Nc5cccc(Cl)c5C)N4C=CN3N2)cc1C. The van der Waals surface area contributed by atoms with Crippen LogP contribution in [0, 0.1) is 20.8 Å². The molecule has 5 rings (SSSR count). The monoisotopic (exact) mass is 482 g/mol. The average Bonchev–Trinajstić information content (AvgIpc) is 3.41. The third-order valence-corrected chi connectivity index (χ3v) is 7.89. The van der Waals surface area contributed by atoms with Crippen LogP contribution in [0.3, 0.4) is 0 Å². The van der Waals surface area contributed by atoms with Crippen LogP contribution in [-0.2, 0) is 4.79 Å². The van der Waals surface area contributed by atoms with Gasteiger partial charge in [-0.3, -0.25) is 10.2 Å². The topological polar surface area (TPSA) is 72.0 Å². The molecule has 1 fully saturated rings. The molecule has 33 heavy (non-hydrogen) atoms. The predicted octanol–water partition coefficient (Wildman–Crippen LogP) is 4.24. The van der Waals surface area contributed by atoms with Gasteiger partial charge in [0.2, 0.25) is 5.91 Å². The lowest BCUT2D eigenvalue weighted by molar-refractivity contribution is -0.113. The number of benzene rings is 2. The molecular weight excluding hydrogens is 456 g/mol. The van der Waals surface area contributed by atoms with E-state index in [1.165, 1.54) is 28.5 Å². The van der Waals surface area contributed by atoms with Crippen LogP contribution in [0.5, 0.6) is 0 Å². The molecule has 1 amide bonds. The minimum absolute atomic E-state index is 0.0276. The number of carbonyl (C=O) groups is 1. The van der Waals surface area contributed by atoms with Crippen molar-refractivity contribution >= 4 is 40.1 Å². The van der Waals surface area contributed by atoms with Gasteiger partial charge >= 0.3 is 0 Å². The Kier molecular flexibility index (Phi) is 5.99. The van der Waals surface area contributed by atoms with E-state index in [0.29, 0.717) is 5.02 Å². The van der Waals surface area contributed by atoms with E-state index in [9.17, 15) is 4.79 Å². The van der Waals surface area contributed by atoms with Crippen LogP contribution >= 0.6 is 23.4 Å². The first-order valence-electron chi connectivity index (χ1n) is 11.0. The Morgan fingerprint density at radius 3 is 2.88 bits per heavy atom. The van der Waals surface area contributed by atoms with Crippen molar-refractivity contribution in [3.05, 3.63) is 76.1 Å². The van der Waals surface area contributed by atoms with Crippen molar-refractivity contribution in [3.8, 4) is 0 Å². The fourth-order valence-electron chi connectivity index (χ4n) is 4.41. The first-order chi connectivity index (χ1) is 15.9. The summed E-state index contributed by atoms with van der Waals surface area (Å²) in [5.74, 6) is 0.179. The summed E-state index contributed by atoms with van der Waals surface area (Å²) >= 11 is 7.58. The van der Waals surface area contributed by atoms with E-state index in [1.807, 2.05) is 31.3 Å². The number of nitrogens with zero attached hydrogens (tertiary/aromatic N) is 3. The Balaban J connectivity index is 1.20. The Labute approximate surface area is 203 Å². The number of rotatable bonds is 4. The summed E-state index contributed by atoms with van der Waals surface area (Å²) < 4.78 is 0. The Hall–Kier alpha value is -2.68. The van der Waals surface area contributed by atoms with E-state index in [4.69, 9.17) is 11.6 Å². The summed E-state index contributed by atoms with van der Waals surface area (Å²) in [6, 6.07) is 12.7. The molecule has 0 aromatic heterocycles. The van der Waals surface area contributed by atoms with Crippen LogP contribution in [0.25, 0.3) is 0 Å². The maximum absolute atomic E-state index is 12.5. The number of hydrogen-bond donors (Lipinski definition) is 3. The van der Waals surface area contributed by atoms with Crippen molar-refractivity contribution in [2.45, 2.75) is 45.4 Å². The minimum atomic E-state index is -0.0866. The zero-order valence-corrected chi connectivity index (χ0v) is 20.4. The number of fused-ring (bicyclic) bond motifs is 3. The van der Waals surface area contributed by atoms with Gasteiger partial charge < -0.3 is 15.2 Å². The van der Waals surface area contributed by atoms with Crippen LogP contribution in [0.15, 0.2) is 53.9 Å². The number of aryl methyl sites for hydroxylation is 2. The molecule has 2 aromatic rings. The molecule has 3 unspecified atom stereocenters. The van der Waals surface area contributed by atoms with Crippen LogP contribution in [0.2, 0.25) is 5.02 Å². The minimum Gasteiger partial charge on any atom is -0.325 e. The summed E-state index contributed by atoms with van der Waals surface area (Å²) in [5.41, 5.74) is 12.4. The predicted molar refractivity (Wildman–Crippen MR) is 135 cm³/mol. The fraction of sp³-hybridized carbons (Fsp3) is 0.333. The molecule has 3 atom stereocenters. The number of hydrazine groups is 1. The van der Waals surface area contributed by atoms with Crippen molar-refractivity contribution in [1.29, 1.82) is 0 Å². The maximum atomic E-state index is 12.5. The zero-order valence-electron chi connectivity index (χ0n) is 18.8. The van der Waals surface area contributed by atoms with Crippen LogP contribution < -0.4 is 16.2 Å². The summed E-state index contributed by atoms with van der Waals surface area (Å²) in [7, 11) is 0. The number of amides is 1. The van der Waals surface area contributed by atoms with E-state index in [-0.39, 0.29) is 29.9 Å². The van der Waals surface area contributed by atoms with Gasteiger partial charge in [-0.15, -0.1) is 0 Å². The number of hydrogen-bond acceptors (Lipinski definition) is 7. The van der Waals surface area contributed by atoms with Crippen LogP contribution in [-0.4, -0.2) is 38.9 Å². The molecule has 0 bridgehead atoms. The van der Waals surface area contributed by atoms with Gasteiger partial charge in [0.25, 0.3) is 0 Å². The second kappa shape index (κ2) is 8.93. The second-order valence-electron chi connectivity index (χ2n) is 8.66. The molecule has 0 spiro atoms. The first kappa shape index (κ1) is 22.1. The molecule has 3 heterocycles. The standard InChI is InChI=1S/C24H27ClN6OS/c1-14-7-8-17(11-15(14)2)20-12-21-23-27-28-24(30(23)9-10-31(21)29-20)33-13-22(32)26-19-6-4-5-18(25)16(19)3/h4-11,20-21,23,27,29H,12-13H2,1-3H3,(H,26,32). The van der Waals surface area contributed by atoms with Crippen molar-refractivity contribution in [2.24, 2.45) is 5.10 Å². The van der Waals surface area contributed by atoms with Gasteiger partial charge in [0.15, 0.2) is 5.17 Å². The highest BCUT2D eigenvalue weighted by molar-refractivity contribution is 8.14. The lowest BCUT2D eigenvalue weighted by Crippen LogP contribution is -2.54. The van der Waals surface area contributed by atoms with Gasteiger partial charge in [0.05, 0.1) is 17.8 Å². The van der Waals surface area contributed by atoms with Gasteiger partial charge in [-0.1, -0.05) is 47.6 Å². The lowest BCUT2D eigenvalue weighted by Gasteiger charge is -2.36. The molecule has 9 heteroatoms. The van der Waals surface area contributed by atoms with Crippen LogP contribution in [0.4, 0.5) is 5.69 Å². The van der Waals surface area contributed by atoms with E-state index >= 15 is 0 Å². The molecular formula is C24H27ClN6OS. The van der Waals surface area contributed by atoms with E-state index in [1.54, 1.807) is 0 Å². The molecule has 7 nitrogen and oxygen atoms in total. The van der Waals surface area contributed by atoms with Gasteiger partial charge in [-0.2, -0.15) is 5.10 Å². The summed E-state index contributed by atoms with van der Waals surface area (Å²) in [4.78, 5) is 14.6. The Morgan fingerprint density at radius 1 is 1.21 bits per heavy atom. The summed E-state index contributed by atoms with van der Waals surface area (Å²) in [6.45, 7) is 6.19. The van der Waals surface area contributed by atoms with Gasteiger partial charge in [0.1, 0.15) is 6.17 Å². The summed E-state index contributed by atoms with van der Waals surface area (Å²) in [5, 5.41) is 11.1. The van der Waals surface area contributed by atoms with Crippen molar-refractivity contribution in [1.82, 2.24) is 20.8 Å². The van der Waals surface area contributed by atoms with E-state index in [0.717, 1.165) is 22.8 Å². The number of thioether (sulfide) groups is 1. The lowest BCUT2D eigenvalue weighted by atomic mass is 9.97. The quantitative estimate of drug-likeness (QED) is 0.605. The van der Waals surface area contributed by atoms with Gasteiger partial charge in [0, 0.05) is 23.1 Å². The van der Waals surface area contributed by atoms with Crippen molar-refractivity contribution in [2.75, 3.05) is 11.1 Å². The molecule has 172 valence electrons. The molecule has 3 N–H and O–H groups in total. The molecule has 0 radical (unpaired) electrons. The normalized spacial score (nSPS) is 23.2. The number of anilines is 1. The fourth-order valence-corrected chi connectivity index (χ4v) is 5.36. The molecule has 1 saturated heterocycles. The first-order valence-corrected chi connectivity index (χ1v) is 12.4. The van der Waals surface area contributed by atoms with Gasteiger partial charge in [-0.05, 0) is 61.6 Å². The number of hydrazone groups is 1. The molecule has 0 aliphatic carbocycles. The highest BCUT2D eigenvalue weighted by Gasteiger charge is 2.44. The number of halogens is 1.